The quantitative estimate of drug-likeness (QED) is 0.865. The van der Waals surface area contributed by atoms with E-state index in [9.17, 15) is 9.59 Å². The molecule has 1 atom stereocenters. The first-order valence-electron chi connectivity index (χ1n) is 6.66. The molecule has 0 spiro atoms. The van der Waals surface area contributed by atoms with Crippen LogP contribution < -0.4 is 4.74 Å². The lowest BCUT2D eigenvalue weighted by Gasteiger charge is -2.27. The van der Waals surface area contributed by atoms with Crippen molar-refractivity contribution in [2.24, 2.45) is 10.2 Å². The number of methoxy groups -OCH3 is 1. The van der Waals surface area contributed by atoms with Gasteiger partial charge in [-0.15, -0.1) is 0 Å². The fraction of sp³-hybridized carbons (Fsp3) is 0.286. The number of carboxylic acid groups (broad SMARTS) is 1. The van der Waals surface area contributed by atoms with Crippen LogP contribution in [0.4, 0.5) is 0 Å². The normalized spacial score (nSPS) is 20.0. The highest BCUT2D eigenvalue weighted by molar-refractivity contribution is 6.06. The molecule has 1 aromatic carbocycles. The van der Waals surface area contributed by atoms with E-state index in [1.165, 1.54) is 11.3 Å². The zero-order chi connectivity index (χ0) is 15.7. The predicted octanol–water partition coefficient (Wildman–Crippen LogP) is 0.344. The van der Waals surface area contributed by atoms with Crippen LogP contribution in [0.3, 0.4) is 0 Å². The van der Waals surface area contributed by atoms with Crippen LogP contribution >= 0.6 is 0 Å². The molecule has 114 valence electrons. The Labute approximate surface area is 126 Å². The lowest BCUT2D eigenvalue weighted by atomic mass is 10.0. The third kappa shape index (κ3) is 2.50. The number of carbonyl (C=O) groups is 2. The smallest absolute Gasteiger partial charge is 0.325 e. The van der Waals surface area contributed by atoms with Crippen LogP contribution in [0.5, 0.6) is 5.75 Å². The first-order valence-corrected chi connectivity index (χ1v) is 6.66. The van der Waals surface area contributed by atoms with E-state index in [0.29, 0.717) is 6.42 Å². The number of ether oxygens (including phenoxy) is 1. The van der Waals surface area contributed by atoms with Gasteiger partial charge < -0.3 is 9.84 Å². The molecule has 0 bridgehead atoms. The predicted molar refractivity (Wildman–Crippen MR) is 77.6 cm³/mol. The van der Waals surface area contributed by atoms with Gasteiger partial charge in [-0.3, -0.25) is 9.59 Å². The van der Waals surface area contributed by atoms with Crippen molar-refractivity contribution >= 4 is 23.9 Å². The summed E-state index contributed by atoms with van der Waals surface area (Å²) in [7, 11) is 1.59. The first kappa shape index (κ1) is 14.1. The third-order valence-electron chi connectivity index (χ3n) is 3.50. The van der Waals surface area contributed by atoms with Crippen LogP contribution in [-0.2, 0) is 9.59 Å². The Hall–Kier alpha value is -2.90. The molecule has 0 radical (unpaired) electrons. The molecular weight excluding hydrogens is 288 g/mol. The highest BCUT2D eigenvalue weighted by Crippen LogP contribution is 2.24. The number of carboxylic acids is 1. The summed E-state index contributed by atoms with van der Waals surface area (Å²) in [6, 6.07) is 6.84. The monoisotopic (exact) mass is 302 g/mol. The number of nitrogens with zero attached hydrogens (tertiary/aromatic N) is 4. The van der Waals surface area contributed by atoms with Crippen molar-refractivity contribution < 1.29 is 19.4 Å². The molecule has 0 saturated carbocycles. The largest absolute Gasteiger partial charge is 0.497 e. The maximum Gasteiger partial charge on any atom is 0.325 e. The summed E-state index contributed by atoms with van der Waals surface area (Å²) in [6.45, 7) is -0.447. The van der Waals surface area contributed by atoms with Crippen LogP contribution in [0.15, 0.2) is 34.5 Å². The molecule has 2 aliphatic rings. The van der Waals surface area contributed by atoms with E-state index in [1.54, 1.807) is 7.11 Å². The third-order valence-corrected chi connectivity index (χ3v) is 3.50. The number of carbonyl (C=O) groups excluding carboxylic acids is 1. The van der Waals surface area contributed by atoms with Gasteiger partial charge in [-0.2, -0.15) is 10.2 Å². The Kier molecular flexibility index (Phi) is 3.50. The van der Waals surface area contributed by atoms with Crippen molar-refractivity contribution in [3.8, 4) is 5.75 Å². The molecular formula is C14H14N4O4. The first-order chi connectivity index (χ1) is 10.6. The van der Waals surface area contributed by atoms with E-state index in [2.05, 4.69) is 10.2 Å². The van der Waals surface area contributed by atoms with Gasteiger partial charge in [0.1, 0.15) is 24.7 Å². The van der Waals surface area contributed by atoms with Crippen LogP contribution in [0.1, 0.15) is 12.0 Å². The van der Waals surface area contributed by atoms with Gasteiger partial charge in [-0.1, -0.05) is 0 Å². The number of hydrogen-bond acceptors (Lipinski definition) is 6. The molecule has 1 amide bonds. The number of hydrogen-bond donors (Lipinski definition) is 1. The lowest BCUT2D eigenvalue weighted by Crippen LogP contribution is -2.48. The molecule has 8 nitrogen and oxygen atoms in total. The van der Waals surface area contributed by atoms with E-state index < -0.39 is 18.6 Å². The fourth-order valence-electron chi connectivity index (χ4n) is 2.38. The maximum atomic E-state index is 12.2. The minimum absolute atomic E-state index is 0.364. The van der Waals surface area contributed by atoms with Gasteiger partial charge in [0.15, 0.2) is 0 Å². The van der Waals surface area contributed by atoms with Crippen molar-refractivity contribution in [2.45, 2.75) is 12.5 Å². The zero-order valence-corrected chi connectivity index (χ0v) is 11.8. The number of amides is 1. The van der Waals surface area contributed by atoms with E-state index >= 15 is 0 Å². The molecule has 3 rings (SSSR count). The summed E-state index contributed by atoms with van der Waals surface area (Å²) in [5, 5.41) is 19.4. The zero-order valence-electron chi connectivity index (χ0n) is 11.8. The summed E-state index contributed by atoms with van der Waals surface area (Å²) in [4.78, 5) is 23.0. The molecule has 2 aliphatic heterocycles. The minimum Gasteiger partial charge on any atom is -0.497 e. The van der Waals surface area contributed by atoms with Gasteiger partial charge in [0.25, 0.3) is 5.91 Å². The molecule has 2 heterocycles. The Morgan fingerprint density at radius 2 is 2.14 bits per heavy atom. The number of benzene rings is 1. The second kappa shape index (κ2) is 5.47. The Morgan fingerprint density at radius 3 is 2.77 bits per heavy atom. The van der Waals surface area contributed by atoms with Crippen molar-refractivity contribution in [3.05, 3.63) is 29.8 Å². The van der Waals surface area contributed by atoms with Gasteiger partial charge in [0.05, 0.1) is 12.8 Å². The van der Waals surface area contributed by atoms with Crippen LogP contribution in [0, 0.1) is 0 Å². The van der Waals surface area contributed by atoms with Gasteiger partial charge in [0.2, 0.25) is 0 Å². The van der Waals surface area contributed by atoms with E-state index in [0.717, 1.165) is 22.0 Å². The highest BCUT2D eigenvalue weighted by Gasteiger charge is 2.38. The van der Waals surface area contributed by atoms with E-state index in [1.807, 2.05) is 24.3 Å². The molecule has 8 heteroatoms. The standard InChI is InChI=1S/C14H14N4O4/c1-22-10-4-2-9(3-5-10)11-6-12-14(21)17(7-13(19)20)15-8-18(12)16-11/h2-5,8,12H,6-7H2,1H3,(H,19,20). The summed E-state index contributed by atoms with van der Waals surface area (Å²) in [5.41, 5.74) is 1.64. The van der Waals surface area contributed by atoms with Gasteiger partial charge in [-0.25, -0.2) is 10.0 Å². The second-order valence-corrected chi connectivity index (χ2v) is 4.90. The number of aliphatic carboxylic acids is 1. The van der Waals surface area contributed by atoms with Crippen LogP contribution in [0.2, 0.25) is 0 Å². The minimum atomic E-state index is -1.10. The van der Waals surface area contributed by atoms with Crippen molar-refractivity contribution in [1.82, 2.24) is 10.0 Å². The summed E-state index contributed by atoms with van der Waals surface area (Å²) < 4.78 is 5.11. The summed E-state index contributed by atoms with van der Waals surface area (Å²) in [6.07, 6.45) is 1.79. The van der Waals surface area contributed by atoms with Crippen LogP contribution in [0.25, 0.3) is 0 Å². The second-order valence-electron chi connectivity index (χ2n) is 4.90. The number of fused-ring (bicyclic) bond motifs is 1. The van der Waals surface area contributed by atoms with E-state index in [-0.39, 0.29) is 5.91 Å². The van der Waals surface area contributed by atoms with Crippen LogP contribution in [-0.4, -0.2) is 58.7 Å². The highest BCUT2D eigenvalue weighted by atomic mass is 16.5. The molecule has 0 fully saturated rings. The fourth-order valence-corrected chi connectivity index (χ4v) is 2.38. The topological polar surface area (TPSA) is 94.8 Å². The van der Waals surface area contributed by atoms with Gasteiger partial charge in [-0.05, 0) is 29.8 Å². The molecule has 0 saturated heterocycles. The lowest BCUT2D eigenvalue weighted by molar-refractivity contribution is -0.146. The Bertz CT molecular complexity index is 668. The van der Waals surface area contributed by atoms with Crippen molar-refractivity contribution in [2.75, 3.05) is 13.7 Å². The summed E-state index contributed by atoms with van der Waals surface area (Å²) >= 11 is 0. The van der Waals surface area contributed by atoms with Gasteiger partial charge >= 0.3 is 5.97 Å². The van der Waals surface area contributed by atoms with E-state index in [4.69, 9.17) is 9.84 Å². The molecule has 0 aromatic heterocycles. The van der Waals surface area contributed by atoms with Crippen molar-refractivity contribution in [3.63, 3.8) is 0 Å². The average molecular weight is 302 g/mol. The number of hydrazone groups is 2. The molecule has 22 heavy (non-hydrogen) atoms. The Morgan fingerprint density at radius 1 is 1.41 bits per heavy atom. The Balaban J connectivity index is 1.77. The number of rotatable bonds is 4. The molecule has 1 aromatic rings. The molecule has 1 N–H and O–H groups in total. The van der Waals surface area contributed by atoms with Gasteiger partial charge in [0, 0.05) is 6.42 Å². The summed E-state index contributed by atoms with van der Waals surface area (Å²) in [5.74, 6) is -0.726. The molecule has 0 aliphatic carbocycles. The maximum absolute atomic E-state index is 12.2. The average Bonchev–Trinajstić information content (AvgIpc) is 2.95. The SMILES string of the molecule is COc1ccc(C2=NN3C=NN(CC(=O)O)C(=O)C3C2)cc1. The molecule has 1 unspecified atom stereocenters. The van der Waals surface area contributed by atoms with Crippen molar-refractivity contribution in [1.29, 1.82) is 0 Å².